The fourth-order valence-corrected chi connectivity index (χ4v) is 3.50. The number of hydrogen-bond donors (Lipinski definition) is 0. The number of nitrogens with zero attached hydrogens (tertiary/aromatic N) is 3. The molecule has 0 radical (unpaired) electrons. The Bertz CT molecular complexity index is 490. The normalized spacial score (nSPS) is 17.5. The number of thioether (sulfide) groups is 1. The van der Waals surface area contributed by atoms with Gasteiger partial charge in [-0.05, 0) is 13.8 Å². The molecular weight excluding hydrogens is 306 g/mol. The predicted octanol–water partition coefficient (Wildman–Crippen LogP) is 3.25. The molecule has 1 aliphatic rings. The zero-order valence-corrected chi connectivity index (χ0v) is 13.0. The topological polar surface area (TPSA) is 54.8 Å². The van der Waals surface area contributed by atoms with Crippen molar-refractivity contribution in [1.29, 1.82) is 0 Å². The fourth-order valence-electron chi connectivity index (χ4n) is 1.53. The molecule has 19 heavy (non-hydrogen) atoms. The average molecular weight is 320 g/mol. The standard InChI is InChI=1S/C11H14ClN3O2S2/c1-7(2)17-11(16)14-10-15(3-4-18-10)6-8-5-13-9(12)19-8/h5,7H,3-4,6H2,1-2H3/b14-10+. The zero-order valence-electron chi connectivity index (χ0n) is 10.6. The van der Waals surface area contributed by atoms with Crippen LogP contribution in [0.2, 0.25) is 4.47 Å². The molecule has 1 aromatic rings. The van der Waals surface area contributed by atoms with Gasteiger partial charge in [-0.3, -0.25) is 0 Å². The minimum absolute atomic E-state index is 0.156. The number of thiazole rings is 1. The number of carbonyl (C=O) groups excluding carboxylic acids is 1. The Morgan fingerprint density at radius 1 is 1.68 bits per heavy atom. The van der Waals surface area contributed by atoms with Gasteiger partial charge in [-0.15, -0.1) is 11.3 Å². The highest BCUT2D eigenvalue weighted by Gasteiger charge is 2.22. The molecule has 1 saturated heterocycles. The summed E-state index contributed by atoms with van der Waals surface area (Å²) < 4.78 is 5.54. The first-order chi connectivity index (χ1) is 9.04. The van der Waals surface area contributed by atoms with Crippen molar-refractivity contribution in [3.05, 3.63) is 15.5 Å². The van der Waals surface area contributed by atoms with E-state index in [1.54, 1.807) is 31.8 Å². The van der Waals surface area contributed by atoms with Crippen LogP contribution in [-0.4, -0.2) is 39.5 Å². The lowest BCUT2D eigenvalue weighted by molar-refractivity contribution is 0.125. The summed E-state index contributed by atoms with van der Waals surface area (Å²) in [6, 6.07) is 0. The summed E-state index contributed by atoms with van der Waals surface area (Å²) in [4.78, 5) is 22.6. The molecule has 1 amide bonds. The van der Waals surface area contributed by atoms with E-state index in [2.05, 4.69) is 9.98 Å². The number of halogens is 1. The average Bonchev–Trinajstić information content (AvgIpc) is 2.88. The van der Waals surface area contributed by atoms with E-state index in [0.29, 0.717) is 16.2 Å². The molecule has 2 heterocycles. The molecule has 0 aromatic carbocycles. The second kappa shape index (κ2) is 6.58. The summed E-state index contributed by atoms with van der Waals surface area (Å²) in [6.45, 7) is 5.13. The predicted molar refractivity (Wildman–Crippen MR) is 79.0 cm³/mol. The lowest BCUT2D eigenvalue weighted by Gasteiger charge is -2.16. The zero-order chi connectivity index (χ0) is 13.8. The number of amides is 1. The van der Waals surface area contributed by atoms with E-state index in [1.165, 1.54) is 11.3 Å². The number of aliphatic imine (C=N–C) groups is 1. The Hall–Kier alpha value is -0.790. The molecule has 0 N–H and O–H groups in total. The first kappa shape index (κ1) is 14.6. The molecular formula is C11H14ClN3O2S2. The maximum Gasteiger partial charge on any atom is 0.436 e. The molecule has 0 unspecified atom stereocenters. The number of carbonyl (C=O) groups is 1. The lowest BCUT2D eigenvalue weighted by atomic mass is 10.5. The number of rotatable bonds is 3. The van der Waals surface area contributed by atoms with Crippen LogP contribution in [0.1, 0.15) is 18.7 Å². The minimum Gasteiger partial charge on any atom is -0.445 e. The summed E-state index contributed by atoms with van der Waals surface area (Å²) >= 11 is 8.80. The summed E-state index contributed by atoms with van der Waals surface area (Å²) in [5, 5.41) is 0.704. The third-order valence-corrected chi connectivity index (χ3v) is 4.35. The van der Waals surface area contributed by atoms with Gasteiger partial charge >= 0.3 is 6.09 Å². The summed E-state index contributed by atoms with van der Waals surface area (Å²) in [7, 11) is 0. The maximum absolute atomic E-state index is 11.5. The SMILES string of the molecule is CC(C)OC(=O)/N=C1/SCCN1Cc1cnc(Cl)s1. The Morgan fingerprint density at radius 2 is 2.47 bits per heavy atom. The van der Waals surface area contributed by atoms with Crippen LogP contribution in [0.4, 0.5) is 4.79 Å². The van der Waals surface area contributed by atoms with Gasteiger partial charge < -0.3 is 9.64 Å². The summed E-state index contributed by atoms with van der Waals surface area (Å²) in [6.07, 6.45) is 1.06. The second-order valence-corrected chi connectivity index (χ2v) is 6.94. The van der Waals surface area contributed by atoms with E-state index in [0.717, 1.165) is 17.2 Å². The van der Waals surface area contributed by atoms with Gasteiger partial charge in [-0.25, -0.2) is 9.78 Å². The van der Waals surface area contributed by atoms with Crippen LogP contribution in [0.25, 0.3) is 0 Å². The van der Waals surface area contributed by atoms with Crippen molar-refractivity contribution in [3.63, 3.8) is 0 Å². The molecule has 0 bridgehead atoms. The molecule has 0 saturated carbocycles. The maximum atomic E-state index is 11.5. The van der Waals surface area contributed by atoms with Crippen LogP contribution in [0.15, 0.2) is 11.2 Å². The van der Waals surface area contributed by atoms with Crippen molar-refractivity contribution in [1.82, 2.24) is 9.88 Å². The Labute approximate surface area is 125 Å². The van der Waals surface area contributed by atoms with Crippen molar-refractivity contribution in [3.8, 4) is 0 Å². The molecule has 1 aromatic heterocycles. The Balaban J connectivity index is 2.00. The number of aromatic nitrogens is 1. The van der Waals surface area contributed by atoms with Gasteiger partial charge in [0, 0.05) is 23.4 Å². The summed E-state index contributed by atoms with van der Waals surface area (Å²) in [5.41, 5.74) is 0. The van der Waals surface area contributed by atoms with Gasteiger partial charge in [-0.1, -0.05) is 23.4 Å². The number of hydrogen-bond acceptors (Lipinski definition) is 5. The molecule has 1 aliphatic heterocycles. The van der Waals surface area contributed by atoms with Crippen molar-refractivity contribution in [2.24, 2.45) is 4.99 Å². The minimum atomic E-state index is -0.535. The molecule has 104 valence electrons. The van der Waals surface area contributed by atoms with Gasteiger partial charge in [0.15, 0.2) is 9.63 Å². The highest BCUT2D eigenvalue weighted by Crippen LogP contribution is 2.24. The van der Waals surface area contributed by atoms with Gasteiger partial charge in [0.25, 0.3) is 0 Å². The highest BCUT2D eigenvalue weighted by molar-refractivity contribution is 8.14. The van der Waals surface area contributed by atoms with E-state index >= 15 is 0 Å². The number of ether oxygens (including phenoxy) is 1. The lowest BCUT2D eigenvalue weighted by Crippen LogP contribution is -2.24. The molecule has 8 heteroatoms. The quantitative estimate of drug-likeness (QED) is 0.856. The second-order valence-electron chi connectivity index (χ2n) is 4.18. The van der Waals surface area contributed by atoms with E-state index in [4.69, 9.17) is 16.3 Å². The molecule has 2 rings (SSSR count). The van der Waals surface area contributed by atoms with Gasteiger partial charge in [-0.2, -0.15) is 4.99 Å². The van der Waals surface area contributed by atoms with Gasteiger partial charge in [0.1, 0.15) is 0 Å². The number of amidine groups is 1. The highest BCUT2D eigenvalue weighted by atomic mass is 35.5. The third-order valence-electron chi connectivity index (χ3n) is 2.26. The van der Waals surface area contributed by atoms with Crippen molar-refractivity contribution in [2.75, 3.05) is 12.3 Å². The molecule has 0 aliphatic carbocycles. The molecule has 0 spiro atoms. The first-order valence-electron chi connectivity index (χ1n) is 5.82. The first-order valence-corrected chi connectivity index (χ1v) is 8.00. The van der Waals surface area contributed by atoms with Crippen LogP contribution in [0.3, 0.4) is 0 Å². The van der Waals surface area contributed by atoms with E-state index < -0.39 is 6.09 Å². The third kappa shape index (κ3) is 4.36. The van der Waals surface area contributed by atoms with Crippen LogP contribution in [-0.2, 0) is 11.3 Å². The van der Waals surface area contributed by atoms with Crippen LogP contribution >= 0.6 is 34.7 Å². The smallest absolute Gasteiger partial charge is 0.436 e. The van der Waals surface area contributed by atoms with Gasteiger partial charge in [0.2, 0.25) is 0 Å². The summed E-state index contributed by atoms with van der Waals surface area (Å²) in [5.74, 6) is 0.917. The van der Waals surface area contributed by atoms with Crippen molar-refractivity contribution in [2.45, 2.75) is 26.5 Å². The van der Waals surface area contributed by atoms with Crippen LogP contribution in [0.5, 0.6) is 0 Å². The van der Waals surface area contributed by atoms with E-state index in [-0.39, 0.29) is 6.10 Å². The van der Waals surface area contributed by atoms with Crippen LogP contribution < -0.4 is 0 Å². The fraction of sp³-hybridized carbons (Fsp3) is 0.545. The Morgan fingerprint density at radius 3 is 3.11 bits per heavy atom. The van der Waals surface area contributed by atoms with Crippen molar-refractivity contribution < 1.29 is 9.53 Å². The van der Waals surface area contributed by atoms with E-state index in [9.17, 15) is 4.79 Å². The van der Waals surface area contributed by atoms with Crippen LogP contribution in [0, 0.1) is 0 Å². The van der Waals surface area contributed by atoms with Crippen molar-refractivity contribution >= 4 is 46.0 Å². The molecule has 0 atom stereocenters. The monoisotopic (exact) mass is 319 g/mol. The van der Waals surface area contributed by atoms with E-state index in [1.807, 2.05) is 4.90 Å². The Kier molecular flexibility index (Phi) is 5.06. The van der Waals surface area contributed by atoms with Gasteiger partial charge in [0.05, 0.1) is 12.6 Å². The molecule has 1 fully saturated rings. The molecule has 5 nitrogen and oxygen atoms in total. The largest absolute Gasteiger partial charge is 0.445 e.